The van der Waals surface area contributed by atoms with E-state index in [4.69, 9.17) is 9.97 Å². The number of hydrogen-bond acceptors (Lipinski definition) is 8. The molecular weight excluding hydrogens is 811 g/mol. The van der Waals surface area contributed by atoms with Crippen LogP contribution >= 0.6 is 22.7 Å². The maximum Gasteiger partial charge on any atom is 0.250 e. The smallest absolute Gasteiger partial charge is 0.250 e. The average molecular weight is 864 g/mol. The first-order valence-corrected chi connectivity index (χ1v) is 23.4. The number of ketones is 1. The van der Waals surface area contributed by atoms with Gasteiger partial charge in [-0.2, -0.15) is 0 Å². The van der Waals surface area contributed by atoms with Crippen molar-refractivity contribution in [3.8, 4) is 32.0 Å². The van der Waals surface area contributed by atoms with Gasteiger partial charge in [0.2, 0.25) is 17.7 Å². The van der Waals surface area contributed by atoms with Gasteiger partial charge in [0.05, 0.1) is 27.8 Å². The fraction of sp³-hybridized carbons (Fsp3) is 0.333. The second kappa shape index (κ2) is 19.1. The van der Waals surface area contributed by atoms with Crippen LogP contribution in [0, 0.1) is 11.8 Å². The van der Waals surface area contributed by atoms with Crippen LogP contribution in [0.15, 0.2) is 122 Å². The van der Waals surface area contributed by atoms with Gasteiger partial charge >= 0.3 is 0 Å². The summed E-state index contributed by atoms with van der Waals surface area (Å²) in [4.78, 5) is 69.5. The van der Waals surface area contributed by atoms with Crippen molar-refractivity contribution < 1.29 is 19.2 Å². The van der Waals surface area contributed by atoms with Crippen LogP contribution in [0.2, 0.25) is 0 Å². The average Bonchev–Trinajstić information content (AvgIpc) is 4.15. The molecule has 0 spiro atoms. The lowest BCUT2D eigenvalue weighted by atomic mass is 9.89. The number of carbonyl (C=O) groups is 4. The monoisotopic (exact) mass is 863 g/mol. The first kappa shape index (κ1) is 42.9. The molecule has 62 heavy (non-hydrogen) atoms. The highest BCUT2D eigenvalue weighted by Crippen LogP contribution is 2.41. The summed E-state index contributed by atoms with van der Waals surface area (Å²) < 4.78 is 0. The summed E-state index contributed by atoms with van der Waals surface area (Å²) in [6, 6.07) is 35.2. The summed E-state index contributed by atoms with van der Waals surface area (Å²) in [5.41, 5.74) is 5.99. The third-order valence-corrected chi connectivity index (χ3v) is 14.4. The van der Waals surface area contributed by atoms with E-state index in [1.807, 2.05) is 111 Å². The van der Waals surface area contributed by atoms with Crippen LogP contribution in [0.5, 0.6) is 0 Å². The topological polar surface area (TPSA) is 113 Å². The maximum atomic E-state index is 14.2. The van der Waals surface area contributed by atoms with E-state index in [2.05, 4.69) is 53.8 Å². The number of benzene rings is 4. The first-order valence-electron chi connectivity index (χ1n) is 21.7. The van der Waals surface area contributed by atoms with Crippen molar-refractivity contribution in [3.05, 3.63) is 143 Å². The molecule has 318 valence electrons. The molecule has 1 N–H and O–H groups in total. The van der Waals surface area contributed by atoms with E-state index < -0.39 is 12.0 Å². The highest BCUT2D eigenvalue weighted by Gasteiger charge is 2.39. The molecule has 6 aromatic rings. The fourth-order valence-corrected chi connectivity index (χ4v) is 10.6. The zero-order valence-electron chi connectivity index (χ0n) is 35.7. The van der Waals surface area contributed by atoms with Crippen molar-refractivity contribution in [1.82, 2.24) is 25.1 Å². The van der Waals surface area contributed by atoms with Gasteiger partial charge in [-0.15, -0.1) is 22.7 Å². The van der Waals surface area contributed by atoms with Crippen molar-refractivity contribution in [1.29, 1.82) is 0 Å². The standard InChI is InChI=1S/C51H53N5O4S2/c1-32(2)43(57)29-40(36-13-7-5-8-14-36)50(59)55-27-11-17-41(55)48-52-30-44(61-48)37-23-19-34(20-24-37)35-21-25-38(26-22-35)45-31-53-49(62-45)42-18-12-28-56(42)51(60)46(54-47(58)33(3)4)39-15-9-6-10-16-39/h5-10,13-16,19-26,30-33,40-42,46H,11-12,17-18,27-29H2,1-4H3,(H,54,58)/t40-,41-,42-,46+/m0/s1. The third-order valence-electron chi connectivity index (χ3n) is 12.1. The van der Waals surface area contributed by atoms with Gasteiger partial charge in [-0.3, -0.25) is 19.2 Å². The van der Waals surface area contributed by atoms with Crippen molar-refractivity contribution in [2.24, 2.45) is 11.8 Å². The van der Waals surface area contributed by atoms with Gasteiger partial charge in [-0.1, -0.05) is 137 Å². The zero-order chi connectivity index (χ0) is 43.3. The maximum absolute atomic E-state index is 14.2. The van der Waals surface area contributed by atoms with Gasteiger partial charge in [0.15, 0.2) is 0 Å². The SMILES string of the molecule is CC(C)C(=O)C[C@H](C(=O)N1CCC[C@H]1c1ncc(-c2ccc(-c3ccc(-c4cnc([C@@H]5CCCN5C(=O)[C@H](NC(=O)C(C)C)c5ccccc5)s4)cc3)cc2)s1)c1ccccc1. The molecule has 2 aliphatic rings. The molecule has 0 saturated carbocycles. The molecule has 4 heterocycles. The van der Waals surface area contributed by atoms with Crippen molar-refractivity contribution >= 4 is 46.2 Å². The second-order valence-corrected chi connectivity index (χ2v) is 19.1. The van der Waals surface area contributed by atoms with Crippen molar-refractivity contribution in [3.63, 3.8) is 0 Å². The molecule has 11 heteroatoms. The predicted octanol–water partition coefficient (Wildman–Crippen LogP) is 10.8. The van der Waals surface area contributed by atoms with Crippen LogP contribution in [-0.4, -0.2) is 56.4 Å². The van der Waals surface area contributed by atoms with Gasteiger partial charge in [0.1, 0.15) is 21.8 Å². The Labute approximate surface area is 372 Å². The Balaban J connectivity index is 0.929. The Hall–Kier alpha value is -5.78. The van der Waals surface area contributed by atoms with Gasteiger partial charge in [-0.05, 0) is 59.1 Å². The number of nitrogens with zero attached hydrogens (tertiary/aromatic N) is 4. The molecular formula is C51H53N5O4S2. The van der Waals surface area contributed by atoms with E-state index in [-0.39, 0.29) is 53.8 Å². The Morgan fingerprint density at radius 3 is 1.52 bits per heavy atom. The summed E-state index contributed by atoms with van der Waals surface area (Å²) in [7, 11) is 0. The van der Waals surface area contributed by atoms with E-state index in [0.29, 0.717) is 13.1 Å². The lowest BCUT2D eigenvalue weighted by Gasteiger charge is -2.29. The van der Waals surface area contributed by atoms with Crippen LogP contribution in [0.3, 0.4) is 0 Å². The quantitative estimate of drug-likeness (QED) is 0.117. The van der Waals surface area contributed by atoms with Gasteiger partial charge in [0.25, 0.3) is 0 Å². The summed E-state index contributed by atoms with van der Waals surface area (Å²) in [5.74, 6) is -1.03. The molecule has 2 fully saturated rings. The predicted molar refractivity (Wildman–Crippen MR) is 247 cm³/mol. The molecule has 4 atom stereocenters. The molecule has 2 saturated heterocycles. The molecule has 2 aliphatic heterocycles. The van der Waals surface area contributed by atoms with E-state index in [0.717, 1.165) is 78.8 Å². The van der Waals surface area contributed by atoms with Crippen LogP contribution < -0.4 is 5.32 Å². The summed E-state index contributed by atoms with van der Waals surface area (Å²) in [6.45, 7) is 8.73. The number of amides is 3. The number of nitrogens with one attached hydrogen (secondary N) is 1. The number of thiazole rings is 2. The molecule has 2 aromatic heterocycles. The van der Waals surface area contributed by atoms with E-state index >= 15 is 0 Å². The number of carbonyl (C=O) groups excluding carboxylic acids is 4. The first-order chi connectivity index (χ1) is 30.0. The summed E-state index contributed by atoms with van der Waals surface area (Å²) in [5, 5.41) is 4.83. The van der Waals surface area contributed by atoms with Crippen molar-refractivity contribution in [2.75, 3.05) is 13.1 Å². The van der Waals surface area contributed by atoms with Crippen LogP contribution in [-0.2, 0) is 19.2 Å². The zero-order valence-corrected chi connectivity index (χ0v) is 37.3. The van der Waals surface area contributed by atoms with Crippen LogP contribution in [0.1, 0.15) is 105 Å². The molecule has 9 nitrogen and oxygen atoms in total. The molecule has 0 aliphatic carbocycles. The number of Topliss-reactive ketones (excluding diaryl/α,β-unsaturated/α-hetero) is 1. The largest absolute Gasteiger partial charge is 0.340 e. The minimum Gasteiger partial charge on any atom is -0.340 e. The van der Waals surface area contributed by atoms with E-state index in [9.17, 15) is 19.2 Å². The number of rotatable bonds is 14. The highest BCUT2D eigenvalue weighted by molar-refractivity contribution is 7.15. The van der Waals surface area contributed by atoms with Crippen molar-refractivity contribution in [2.45, 2.75) is 83.8 Å². The Bertz CT molecular complexity index is 2320. The molecule has 8 rings (SSSR count). The van der Waals surface area contributed by atoms with E-state index in [1.165, 1.54) is 0 Å². The van der Waals surface area contributed by atoms with Crippen LogP contribution in [0.4, 0.5) is 0 Å². The summed E-state index contributed by atoms with van der Waals surface area (Å²) in [6.07, 6.45) is 7.47. The van der Waals surface area contributed by atoms with Gasteiger partial charge < -0.3 is 15.1 Å². The molecule has 4 aromatic carbocycles. The number of hydrogen-bond donors (Lipinski definition) is 1. The Morgan fingerprint density at radius 2 is 1.05 bits per heavy atom. The minimum atomic E-state index is -0.750. The minimum absolute atomic E-state index is 0.00472. The lowest BCUT2D eigenvalue weighted by Crippen LogP contribution is -2.43. The van der Waals surface area contributed by atoms with Gasteiger partial charge in [0, 0.05) is 43.7 Å². The second-order valence-electron chi connectivity index (χ2n) is 17.0. The number of aromatic nitrogens is 2. The van der Waals surface area contributed by atoms with Crippen LogP contribution in [0.25, 0.3) is 32.0 Å². The molecule has 3 amide bonds. The summed E-state index contributed by atoms with van der Waals surface area (Å²) >= 11 is 3.25. The fourth-order valence-electron chi connectivity index (χ4n) is 8.46. The molecule has 0 radical (unpaired) electrons. The molecule has 0 bridgehead atoms. The normalized spacial score (nSPS) is 17.4. The van der Waals surface area contributed by atoms with Gasteiger partial charge in [-0.25, -0.2) is 9.97 Å². The lowest BCUT2D eigenvalue weighted by molar-refractivity contribution is -0.138. The highest BCUT2D eigenvalue weighted by atomic mass is 32.1. The Kier molecular flexibility index (Phi) is 13.2. The molecule has 0 unspecified atom stereocenters. The third kappa shape index (κ3) is 9.34. The number of likely N-dealkylation sites (tertiary alicyclic amines) is 2. The van der Waals surface area contributed by atoms with E-state index in [1.54, 1.807) is 22.7 Å². The Morgan fingerprint density at radius 1 is 0.597 bits per heavy atom.